The van der Waals surface area contributed by atoms with Gasteiger partial charge in [0, 0.05) is 19.6 Å². The van der Waals surface area contributed by atoms with Gasteiger partial charge in [0.1, 0.15) is 17.5 Å². The minimum absolute atomic E-state index is 0.0212. The molecule has 0 aliphatic rings. The zero-order chi connectivity index (χ0) is 13.8. The molecule has 0 aliphatic carbocycles. The van der Waals surface area contributed by atoms with E-state index in [-0.39, 0.29) is 33.4 Å². The fraction of sp³-hybridized carbons (Fsp3) is 0.846. The van der Waals surface area contributed by atoms with Crippen molar-refractivity contribution in [2.24, 2.45) is 0 Å². The summed E-state index contributed by atoms with van der Waals surface area (Å²) in [7, 11) is -0.386. The Kier molecular flexibility index (Phi) is 11.2. The number of unbranched alkanes of at least 4 members (excludes halogenated alkanes) is 1. The van der Waals surface area contributed by atoms with Gasteiger partial charge in [0.25, 0.3) is 0 Å². The SMILES string of the molecule is CCOC(OCC)[SiH2]CCCCC(=O)CC(C)=O. The Balaban J connectivity index is 3.53. The second kappa shape index (κ2) is 11.6. The lowest BCUT2D eigenvalue weighted by Gasteiger charge is -2.16. The van der Waals surface area contributed by atoms with Gasteiger partial charge in [0.2, 0.25) is 0 Å². The van der Waals surface area contributed by atoms with Gasteiger partial charge in [-0.05, 0) is 27.2 Å². The number of carbonyl (C=O) groups is 2. The Morgan fingerprint density at radius 1 is 1.11 bits per heavy atom. The highest BCUT2D eigenvalue weighted by Crippen LogP contribution is 2.05. The summed E-state index contributed by atoms with van der Waals surface area (Å²) < 4.78 is 11.0. The van der Waals surface area contributed by atoms with Gasteiger partial charge in [-0.2, -0.15) is 0 Å². The van der Waals surface area contributed by atoms with Gasteiger partial charge in [0.15, 0.2) is 0 Å². The first-order valence-electron chi connectivity index (χ1n) is 6.84. The molecule has 0 spiro atoms. The van der Waals surface area contributed by atoms with Crippen molar-refractivity contribution in [2.75, 3.05) is 13.2 Å². The topological polar surface area (TPSA) is 52.6 Å². The van der Waals surface area contributed by atoms with Crippen molar-refractivity contribution in [3.05, 3.63) is 0 Å². The maximum absolute atomic E-state index is 11.3. The number of hydrogen-bond acceptors (Lipinski definition) is 4. The third-order valence-electron chi connectivity index (χ3n) is 2.55. The normalized spacial score (nSPS) is 11.6. The Morgan fingerprint density at radius 3 is 2.22 bits per heavy atom. The molecule has 0 aromatic carbocycles. The first-order valence-corrected chi connectivity index (χ1v) is 8.66. The van der Waals surface area contributed by atoms with Crippen LogP contribution in [0.15, 0.2) is 0 Å². The molecular formula is C13H26O4Si. The highest BCUT2D eigenvalue weighted by molar-refractivity contribution is 6.36. The van der Waals surface area contributed by atoms with Crippen LogP contribution in [0.2, 0.25) is 6.04 Å². The number of Topliss-reactive ketones (excluding diaryl/α,β-unsaturated/α-hetero) is 2. The van der Waals surface area contributed by atoms with Gasteiger partial charge < -0.3 is 9.47 Å². The standard InChI is InChI=1S/C13H26O4Si/c1-4-16-13(17-5-2)18-9-7-6-8-12(15)10-11(3)14/h13H,4-10,18H2,1-3H3. The van der Waals surface area contributed by atoms with E-state index in [2.05, 4.69) is 0 Å². The molecule has 0 amide bonds. The van der Waals surface area contributed by atoms with E-state index >= 15 is 0 Å². The first kappa shape index (κ1) is 17.5. The van der Waals surface area contributed by atoms with Gasteiger partial charge in [-0.25, -0.2) is 0 Å². The quantitative estimate of drug-likeness (QED) is 0.235. The minimum Gasteiger partial charge on any atom is -0.357 e. The first-order chi connectivity index (χ1) is 8.60. The number of hydrogen-bond donors (Lipinski definition) is 0. The molecule has 0 heterocycles. The third-order valence-corrected chi connectivity index (χ3v) is 4.40. The molecule has 0 saturated heterocycles. The van der Waals surface area contributed by atoms with E-state index in [1.807, 2.05) is 13.8 Å². The predicted molar refractivity (Wildman–Crippen MR) is 74.5 cm³/mol. The van der Waals surface area contributed by atoms with Crippen LogP contribution < -0.4 is 0 Å². The van der Waals surface area contributed by atoms with E-state index in [1.54, 1.807) is 0 Å². The number of ether oxygens (including phenoxy) is 2. The summed E-state index contributed by atoms with van der Waals surface area (Å²) in [6.45, 7) is 6.78. The van der Waals surface area contributed by atoms with Crippen molar-refractivity contribution in [3.63, 3.8) is 0 Å². The number of rotatable bonds is 12. The average Bonchev–Trinajstić information content (AvgIpc) is 2.28. The lowest BCUT2D eigenvalue weighted by molar-refractivity contribution is -0.125. The van der Waals surface area contributed by atoms with Gasteiger partial charge in [0.05, 0.1) is 15.9 Å². The van der Waals surface area contributed by atoms with Crippen LogP contribution in [0.3, 0.4) is 0 Å². The van der Waals surface area contributed by atoms with Crippen molar-refractivity contribution < 1.29 is 19.1 Å². The second-order valence-electron chi connectivity index (χ2n) is 4.36. The fourth-order valence-electron chi connectivity index (χ4n) is 1.76. The Hall–Kier alpha value is -0.523. The van der Waals surface area contributed by atoms with E-state index < -0.39 is 0 Å². The van der Waals surface area contributed by atoms with Crippen LogP contribution in [0, 0.1) is 0 Å². The molecule has 0 fully saturated rings. The smallest absolute Gasteiger partial charge is 0.140 e. The monoisotopic (exact) mass is 274 g/mol. The molecule has 0 aliphatic heterocycles. The lowest BCUT2D eigenvalue weighted by Crippen LogP contribution is -2.24. The molecule has 106 valence electrons. The summed E-state index contributed by atoms with van der Waals surface area (Å²) in [5.41, 5.74) is 0. The van der Waals surface area contributed by atoms with Crippen molar-refractivity contribution >= 4 is 21.1 Å². The van der Waals surface area contributed by atoms with Crippen LogP contribution in [0.4, 0.5) is 0 Å². The van der Waals surface area contributed by atoms with Crippen LogP contribution >= 0.6 is 0 Å². The average molecular weight is 274 g/mol. The lowest BCUT2D eigenvalue weighted by atomic mass is 10.1. The minimum atomic E-state index is -0.386. The van der Waals surface area contributed by atoms with Crippen LogP contribution in [-0.4, -0.2) is 40.2 Å². The predicted octanol–water partition coefficient (Wildman–Crippen LogP) is 1.65. The fourth-order valence-corrected chi connectivity index (χ4v) is 3.54. The summed E-state index contributed by atoms with van der Waals surface area (Å²) in [5, 5.41) is 0. The molecule has 0 radical (unpaired) electrons. The summed E-state index contributed by atoms with van der Waals surface area (Å²) in [6.07, 6.45) is 2.54. The summed E-state index contributed by atoms with van der Waals surface area (Å²) in [6, 6.07) is 1.12. The highest BCUT2D eigenvalue weighted by atomic mass is 28.2. The van der Waals surface area contributed by atoms with E-state index in [0.717, 1.165) is 18.9 Å². The molecule has 0 aromatic heterocycles. The van der Waals surface area contributed by atoms with Gasteiger partial charge in [-0.15, -0.1) is 0 Å². The van der Waals surface area contributed by atoms with Crippen LogP contribution in [0.25, 0.3) is 0 Å². The zero-order valence-electron chi connectivity index (χ0n) is 11.9. The van der Waals surface area contributed by atoms with Crippen molar-refractivity contribution in [2.45, 2.75) is 58.4 Å². The summed E-state index contributed by atoms with van der Waals surface area (Å²) >= 11 is 0. The molecule has 0 aromatic rings. The third kappa shape index (κ3) is 10.6. The Morgan fingerprint density at radius 2 is 1.72 bits per heavy atom. The van der Waals surface area contributed by atoms with E-state index in [4.69, 9.17) is 9.47 Å². The van der Waals surface area contributed by atoms with Crippen molar-refractivity contribution in [3.8, 4) is 0 Å². The molecule has 18 heavy (non-hydrogen) atoms. The zero-order valence-corrected chi connectivity index (χ0v) is 13.3. The summed E-state index contributed by atoms with van der Waals surface area (Å²) in [5.74, 6) is 0.0467. The number of carbonyl (C=O) groups excluding carboxylic acids is 2. The van der Waals surface area contributed by atoms with Crippen molar-refractivity contribution in [1.82, 2.24) is 0 Å². The summed E-state index contributed by atoms with van der Waals surface area (Å²) in [4.78, 5) is 22.0. The van der Waals surface area contributed by atoms with Gasteiger partial charge in [-0.1, -0.05) is 12.5 Å². The molecule has 0 bridgehead atoms. The van der Waals surface area contributed by atoms with Crippen LogP contribution in [0.5, 0.6) is 0 Å². The molecular weight excluding hydrogens is 248 g/mol. The Labute approximate surface area is 112 Å². The molecule has 0 atom stereocenters. The van der Waals surface area contributed by atoms with Crippen LogP contribution in [0.1, 0.15) is 46.5 Å². The maximum atomic E-state index is 11.3. The number of ketones is 2. The molecule has 0 unspecified atom stereocenters. The second-order valence-corrected chi connectivity index (χ2v) is 6.31. The molecule has 5 heteroatoms. The van der Waals surface area contributed by atoms with Gasteiger partial charge in [-0.3, -0.25) is 9.59 Å². The van der Waals surface area contributed by atoms with Gasteiger partial charge >= 0.3 is 0 Å². The Bertz CT molecular complexity index is 237. The van der Waals surface area contributed by atoms with E-state index in [9.17, 15) is 9.59 Å². The highest BCUT2D eigenvalue weighted by Gasteiger charge is 2.09. The maximum Gasteiger partial charge on any atom is 0.140 e. The molecule has 4 nitrogen and oxygen atoms in total. The van der Waals surface area contributed by atoms with Crippen LogP contribution in [-0.2, 0) is 19.1 Å². The van der Waals surface area contributed by atoms with E-state index in [0.29, 0.717) is 19.6 Å². The van der Waals surface area contributed by atoms with E-state index in [1.165, 1.54) is 6.92 Å². The molecule has 0 N–H and O–H groups in total. The molecule has 0 rings (SSSR count). The largest absolute Gasteiger partial charge is 0.357 e. The molecule has 0 saturated carbocycles. The van der Waals surface area contributed by atoms with Crippen molar-refractivity contribution in [1.29, 1.82) is 0 Å².